The molecule has 3 rings (SSSR count). The number of Topliss-reactive ketones (excluding diaryl/α,β-unsaturated/α-hetero) is 1. The zero-order valence-electron chi connectivity index (χ0n) is 16.2. The number of amides is 1. The highest BCUT2D eigenvalue weighted by molar-refractivity contribution is 5.96. The van der Waals surface area contributed by atoms with Crippen LogP contribution in [0.5, 0.6) is 11.5 Å². The Labute approximate surface area is 168 Å². The van der Waals surface area contributed by atoms with E-state index in [9.17, 15) is 18.4 Å². The molecule has 0 unspecified atom stereocenters. The van der Waals surface area contributed by atoms with E-state index in [1.54, 1.807) is 30.3 Å². The van der Waals surface area contributed by atoms with Crippen LogP contribution in [0, 0.1) is 0 Å². The van der Waals surface area contributed by atoms with Gasteiger partial charge in [0.05, 0.1) is 12.3 Å². The molecule has 0 spiro atoms. The van der Waals surface area contributed by atoms with Gasteiger partial charge in [0.15, 0.2) is 5.78 Å². The summed E-state index contributed by atoms with van der Waals surface area (Å²) in [5, 5.41) is 0. The zero-order chi connectivity index (χ0) is 20.8. The molecule has 0 bridgehead atoms. The molecule has 0 aliphatic carbocycles. The Kier molecular flexibility index (Phi) is 6.80. The van der Waals surface area contributed by atoms with Crippen molar-refractivity contribution in [1.82, 2.24) is 0 Å². The average molecular weight is 403 g/mol. The van der Waals surface area contributed by atoms with Crippen LogP contribution in [0.15, 0.2) is 42.5 Å². The fourth-order valence-corrected chi connectivity index (χ4v) is 3.39. The topological polar surface area (TPSA) is 55.8 Å². The number of aryl methyl sites for hydroxylation is 1. The molecule has 0 saturated carbocycles. The Hall–Kier alpha value is -2.96. The molecule has 1 aliphatic heterocycles. The third-order valence-electron chi connectivity index (χ3n) is 4.76. The number of anilines is 1. The molecule has 0 aromatic heterocycles. The quantitative estimate of drug-likeness (QED) is 0.476. The van der Waals surface area contributed by atoms with E-state index in [1.165, 1.54) is 17.9 Å². The van der Waals surface area contributed by atoms with Crippen molar-refractivity contribution in [2.45, 2.75) is 39.2 Å². The third-order valence-corrected chi connectivity index (χ3v) is 4.76. The van der Waals surface area contributed by atoms with Crippen molar-refractivity contribution in [3.05, 3.63) is 53.6 Å². The lowest BCUT2D eigenvalue weighted by atomic mass is 10.0. The van der Waals surface area contributed by atoms with Gasteiger partial charge in [0.25, 0.3) is 0 Å². The molecule has 0 atom stereocenters. The van der Waals surface area contributed by atoms with Gasteiger partial charge in [-0.05, 0) is 62.1 Å². The summed E-state index contributed by atoms with van der Waals surface area (Å²) in [6.07, 6.45) is 2.21. The van der Waals surface area contributed by atoms with Crippen molar-refractivity contribution in [1.29, 1.82) is 0 Å². The van der Waals surface area contributed by atoms with E-state index in [0.29, 0.717) is 36.6 Å². The van der Waals surface area contributed by atoms with E-state index < -0.39 is 6.61 Å². The number of carbonyl (C=O) groups excluding carboxylic acids is 2. The summed E-state index contributed by atoms with van der Waals surface area (Å²) in [6.45, 7) is -0.634. The molecule has 1 aliphatic rings. The minimum Gasteiger partial charge on any atom is -0.494 e. The van der Waals surface area contributed by atoms with E-state index in [1.807, 2.05) is 6.07 Å². The SMILES string of the molecule is CC(=O)c1ccc(OCCCC(=O)N2CCCc3cccc(OC(F)F)c32)cc1. The summed E-state index contributed by atoms with van der Waals surface area (Å²) < 4.78 is 35.7. The van der Waals surface area contributed by atoms with Crippen LogP contribution in [0.2, 0.25) is 0 Å². The Balaban J connectivity index is 1.57. The van der Waals surface area contributed by atoms with Crippen LogP contribution in [0.1, 0.15) is 42.1 Å². The van der Waals surface area contributed by atoms with Crippen LogP contribution >= 0.6 is 0 Å². The second kappa shape index (κ2) is 9.49. The third kappa shape index (κ3) is 5.31. The monoisotopic (exact) mass is 403 g/mol. The number of hydrogen-bond donors (Lipinski definition) is 0. The Bertz CT molecular complexity index is 868. The highest BCUT2D eigenvalue weighted by Crippen LogP contribution is 2.37. The second-order valence-electron chi connectivity index (χ2n) is 6.82. The van der Waals surface area contributed by atoms with Crippen molar-refractivity contribution in [3.8, 4) is 11.5 Å². The predicted molar refractivity (Wildman–Crippen MR) is 105 cm³/mol. The number of halogens is 2. The molecule has 0 saturated heterocycles. The first kappa shape index (κ1) is 20.8. The Morgan fingerprint density at radius 3 is 2.59 bits per heavy atom. The molecule has 7 heteroatoms. The van der Waals surface area contributed by atoms with Crippen LogP contribution < -0.4 is 14.4 Å². The van der Waals surface area contributed by atoms with E-state index in [2.05, 4.69) is 4.74 Å². The Morgan fingerprint density at radius 1 is 1.14 bits per heavy atom. The summed E-state index contributed by atoms with van der Waals surface area (Å²) in [7, 11) is 0. The first-order valence-electron chi connectivity index (χ1n) is 9.56. The molecular weight excluding hydrogens is 380 g/mol. The van der Waals surface area contributed by atoms with Gasteiger partial charge < -0.3 is 14.4 Å². The van der Waals surface area contributed by atoms with Gasteiger partial charge >= 0.3 is 6.61 Å². The molecule has 1 heterocycles. The van der Waals surface area contributed by atoms with Gasteiger partial charge in [-0.2, -0.15) is 8.78 Å². The van der Waals surface area contributed by atoms with Crippen LogP contribution in [-0.4, -0.2) is 31.5 Å². The fourth-order valence-electron chi connectivity index (χ4n) is 3.39. The largest absolute Gasteiger partial charge is 0.494 e. The highest BCUT2D eigenvalue weighted by atomic mass is 19.3. The smallest absolute Gasteiger partial charge is 0.387 e. The minimum absolute atomic E-state index is 0.0147. The van der Waals surface area contributed by atoms with Crippen molar-refractivity contribution >= 4 is 17.4 Å². The van der Waals surface area contributed by atoms with Gasteiger partial charge in [0.1, 0.15) is 11.5 Å². The van der Waals surface area contributed by atoms with E-state index in [0.717, 1.165) is 18.4 Å². The van der Waals surface area contributed by atoms with E-state index in [4.69, 9.17) is 4.74 Å². The molecule has 29 heavy (non-hydrogen) atoms. The number of ether oxygens (including phenoxy) is 2. The van der Waals surface area contributed by atoms with Crippen LogP contribution in [0.3, 0.4) is 0 Å². The number of benzene rings is 2. The molecular formula is C22H23F2NO4. The van der Waals surface area contributed by atoms with E-state index >= 15 is 0 Å². The molecule has 154 valence electrons. The molecule has 0 radical (unpaired) electrons. The standard InChI is InChI=1S/C22H23F2NO4/c1-15(26)16-9-11-18(12-10-16)28-14-4-8-20(27)25-13-3-6-17-5-2-7-19(21(17)25)29-22(23)24/h2,5,7,9-12,22H,3-4,6,8,13-14H2,1H3. The molecule has 0 N–H and O–H groups in total. The normalized spacial score (nSPS) is 13.2. The summed E-state index contributed by atoms with van der Waals surface area (Å²) in [6, 6.07) is 11.8. The summed E-state index contributed by atoms with van der Waals surface area (Å²) in [5.41, 5.74) is 1.90. The lowest BCUT2D eigenvalue weighted by molar-refractivity contribution is -0.119. The molecule has 2 aromatic rings. The highest BCUT2D eigenvalue weighted by Gasteiger charge is 2.26. The molecule has 2 aromatic carbocycles. The number of nitrogens with zero attached hydrogens (tertiary/aromatic N) is 1. The lowest BCUT2D eigenvalue weighted by Gasteiger charge is -2.31. The first-order chi connectivity index (χ1) is 14.0. The molecule has 0 fully saturated rings. The Morgan fingerprint density at radius 2 is 1.90 bits per heavy atom. The maximum Gasteiger partial charge on any atom is 0.387 e. The number of rotatable bonds is 8. The van der Waals surface area contributed by atoms with E-state index in [-0.39, 0.29) is 23.9 Å². The summed E-state index contributed by atoms with van der Waals surface area (Å²) in [5.74, 6) is 0.497. The number of alkyl halides is 2. The maximum atomic E-state index is 12.7. The predicted octanol–water partition coefficient (Wildman–Crippen LogP) is 4.63. The van der Waals surface area contributed by atoms with Crippen LogP contribution in [0.25, 0.3) is 0 Å². The second-order valence-corrected chi connectivity index (χ2v) is 6.82. The zero-order valence-corrected chi connectivity index (χ0v) is 16.2. The van der Waals surface area contributed by atoms with Gasteiger partial charge in [-0.25, -0.2) is 0 Å². The van der Waals surface area contributed by atoms with Crippen molar-refractivity contribution < 1.29 is 27.8 Å². The van der Waals surface area contributed by atoms with Crippen LogP contribution in [-0.2, 0) is 11.2 Å². The molecule has 1 amide bonds. The van der Waals surface area contributed by atoms with Gasteiger partial charge in [-0.15, -0.1) is 0 Å². The van der Waals surface area contributed by atoms with Gasteiger partial charge in [0, 0.05) is 18.5 Å². The number of ketones is 1. The number of hydrogen-bond acceptors (Lipinski definition) is 4. The molecule has 5 nitrogen and oxygen atoms in total. The number of para-hydroxylation sites is 1. The summed E-state index contributed by atoms with van der Waals surface area (Å²) in [4.78, 5) is 25.5. The maximum absolute atomic E-state index is 12.7. The number of fused-ring (bicyclic) bond motifs is 1. The summed E-state index contributed by atoms with van der Waals surface area (Å²) >= 11 is 0. The van der Waals surface area contributed by atoms with Crippen molar-refractivity contribution in [3.63, 3.8) is 0 Å². The fraction of sp³-hybridized carbons (Fsp3) is 0.364. The minimum atomic E-state index is -2.94. The lowest BCUT2D eigenvalue weighted by Crippen LogP contribution is -2.36. The van der Waals surface area contributed by atoms with Crippen molar-refractivity contribution in [2.75, 3.05) is 18.1 Å². The van der Waals surface area contributed by atoms with Crippen molar-refractivity contribution in [2.24, 2.45) is 0 Å². The number of carbonyl (C=O) groups is 2. The van der Waals surface area contributed by atoms with Gasteiger partial charge in [-0.1, -0.05) is 12.1 Å². The van der Waals surface area contributed by atoms with Gasteiger partial charge in [-0.3, -0.25) is 9.59 Å². The van der Waals surface area contributed by atoms with Gasteiger partial charge in [0.2, 0.25) is 5.91 Å². The van der Waals surface area contributed by atoms with Crippen LogP contribution in [0.4, 0.5) is 14.5 Å². The average Bonchev–Trinajstić information content (AvgIpc) is 2.70. The first-order valence-corrected chi connectivity index (χ1v) is 9.56.